The number of rotatable bonds is 5. The molecule has 0 heterocycles. The second kappa shape index (κ2) is 6.29. The predicted octanol–water partition coefficient (Wildman–Crippen LogP) is 1.65. The van der Waals surface area contributed by atoms with Crippen molar-refractivity contribution < 1.29 is 14.8 Å². The third-order valence-corrected chi connectivity index (χ3v) is 3.06. The second-order valence-corrected chi connectivity index (χ2v) is 4.71. The Morgan fingerprint density at radius 3 is 2.58 bits per heavy atom. The molecule has 0 aliphatic rings. The lowest BCUT2D eigenvalue weighted by atomic mass is 10.0. The van der Waals surface area contributed by atoms with Crippen LogP contribution in [-0.2, 0) is 0 Å². The topological polar surface area (TPSA) is 92.5 Å². The largest absolute Gasteiger partial charge is 0.394 e. The van der Waals surface area contributed by atoms with Crippen LogP contribution < -0.4 is 5.32 Å². The number of hydrogen-bond donors (Lipinski definition) is 2. The molecule has 0 aromatic heterocycles. The van der Waals surface area contributed by atoms with Crippen LogP contribution in [0.15, 0.2) is 18.2 Å². The van der Waals surface area contributed by atoms with Gasteiger partial charge in [0.05, 0.1) is 17.6 Å². The number of carbonyl (C=O) groups excluding carboxylic acids is 1. The number of aliphatic hydroxyl groups is 1. The first-order chi connectivity index (χ1) is 8.88. The van der Waals surface area contributed by atoms with E-state index in [1.54, 1.807) is 0 Å². The van der Waals surface area contributed by atoms with E-state index in [2.05, 4.69) is 5.32 Å². The summed E-state index contributed by atoms with van der Waals surface area (Å²) in [7, 11) is 0. The third kappa shape index (κ3) is 3.51. The van der Waals surface area contributed by atoms with Crippen molar-refractivity contribution >= 4 is 11.6 Å². The van der Waals surface area contributed by atoms with Gasteiger partial charge in [0.2, 0.25) is 0 Å². The van der Waals surface area contributed by atoms with Gasteiger partial charge in [-0.3, -0.25) is 14.9 Å². The van der Waals surface area contributed by atoms with E-state index in [0.29, 0.717) is 5.56 Å². The lowest BCUT2D eigenvalue weighted by molar-refractivity contribution is -0.385. The van der Waals surface area contributed by atoms with Crippen molar-refractivity contribution in [1.82, 2.24) is 5.32 Å². The molecule has 0 saturated heterocycles. The number of hydrogen-bond acceptors (Lipinski definition) is 4. The number of nitrogens with zero attached hydrogens (tertiary/aromatic N) is 1. The minimum Gasteiger partial charge on any atom is -0.394 e. The Balaban J connectivity index is 3.00. The Labute approximate surface area is 111 Å². The highest BCUT2D eigenvalue weighted by Crippen LogP contribution is 2.21. The van der Waals surface area contributed by atoms with Crippen molar-refractivity contribution in [3.05, 3.63) is 39.4 Å². The Hall–Kier alpha value is -1.95. The summed E-state index contributed by atoms with van der Waals surface area (Å²) in [6.07, 6.45) is 0. The number of benzene rings is 1. The van der Waals surface area contributed by atoms with E-state index in [-0.39, 0.29) is 29.8 Å². The highest BCUT2D eigenvalue weighted by Gasteiger charge is 2.21. The number of amides is 1. The Morgan fingerprint density at radius 2 is 2.11 bits per heavy atom. The maximum absolute atomic E-state index is 12.1. The van der Waals surface area contributed by atoms with E-state index < -0.39 is 10.8 Å². The fourth-order valence-corrected chi connectivity index (χ4v) is 1.74. The molecule has 1 unspecified atom stereocenters. The quantitative estimate of drug-likeness (QED) is 0.626. The lowest BCUT2D eigenvalue weighted by Crippen LogP contribution is -2.41. The van der Waals surface area contributed by atoms with Gasteiger partial charge in [-0.2, -0.15) is 0 Å². The molecule has 0 spiro atoms. The SMILES string of the molecule is Cc1c(C(=O)NC(CO)C(C)C)cccc1[N+](=O)[O-]. The molecule has 1 aromatic rings. The van der Waals surface area contributed by atoms with Gasteiger partial charge in [-0.15, -0.1) is 0 Å². The van der Waals surface area contributed by atoms with Gasteiger partial charge in [0.25, 0.3) is 11.6 Å². The highest BCUT2D eigenvalue weighted by molar-refractivity contribution is 5.96. The molecule has 1 amide bonds. The van der Waals surface area contributed by atoms with Crippen LogP contribution >= 0.6 is 0 Å². The average molecular weight is 266 g/mol. The predicted molar refractivity (Wildman–Crippen MR) is 71.0 cm³/mol. The monoisotopic (exact) mass is 266 g/mol. The van der Waals surface area contributed by atoms with Crippen molar-refractivity contribution in [1.29, 1.82) is 0 Å². The number of nitro groups is 1. The van der Waals surface area contributed by atoms with Gasteiger partial charge in [-0.1, -0.05) is 19.9 Å². The lowest BCUT2D eigenvalue weighted by Gasteiger charge is -2.20. The fourth-order valence-electron chi connectivity index (χ4n) is 1.74. The molecule has 0 aliphatic heterocycles. The zero-order valence-electron chi connectivity index (χ0n) is 11.2. The van der Waals surface area contributed by atoms with Crippen molar-refractivity contribution in [2.75, 3.05) is 6.61 Å². The first-order valence-electron chi connectivity index (χ1n) is 6.04. The van der Waals surface area contributed by atoms with Gasteiger partial charge >= 0.3 is 0 Å². The van der Waals surface area contributed by atoms with Crippen LogP contribution in [0.4, 0.5) is 5.69 Å². The summed E-state index contributed by atoms with van der Waals surface area (Å²) in [6, 6.07) is 4.00. The molecule has 6 nitrogen and oxygen atoms in total. The minimum absolute atomic E-state index is 0.0768. The average Bonchev–Trinajstić information content (AvgIpc) is 2.35. The standard InChI is InChI=1S/C13H18N2O4/c1-8(2)11(7-16)14-13(17)10-5-4-6-12(9(10)3)15(18)19/h4-6,8,11,16H,7H2,1-3H3,(H,14,17). The molecular formula is C13H18N2O4. The minimum atomic E-state index is -0.516. The van der Waals surface area contributed by atoms with E-state index in [0.717, 1.165) is 0 Å². The Morgan fingerprint density at radius 1 is 1.47 bits per heavy atom. The zero-order chi connectivity index (χ0) is 14.6. The van der Waals surface area contributed by atoms with Crippen LogP contribution in [0.1, 0.15) is 29.8 Å². The molecule has 6 heteroatoms. The van der Waals surface area contributed by atoms with Gasteiger partial charge in [-0.25, -0.2) is 0 Å². The zero-order valence-corrected chi connectivity index (χ0v) is 11.2. The van der Waals surface area contributed by atoms with Crippen LogP contribution in [0.5, 0.6) is 0 Å². The van der Waals surface area contributed by atoms with Crippen molar-refractivity contribution in [3.8, 4) is 0 Å². The molecule has 0 bridgehead atoms. The van der Waals surface area contributed by atoms with Gasteiger partial charge in [-0.05, 0) is 18.9 Å². The van der Waals surface area contributed by atoms with Crippen LogP contribution in [0.2, 0.25) is 0 Å². The third-order valence-electron chi connectivity index (χ3n) is 3.06. The number of nitrogens with one attached hydrogen (secondary N) is 1. The maximum Gasteiger partial charge on any atom is 0.273 e. The van der Waals surface area contributed by atoms with Crippen molar-refractivity contribution in [2.45, 2.75) is 26.8 Å². The number of carbonyl (C=O) groups is 1. The highest BCUT2D eigenvalue weighted by atomic mass is 16.6. The van der Waals surface area contributed by atoms with Gasteiger partial charge in [0.15, 0.2) is 0 Å². The molecule has 0 saturated carbocycles. The smallest absolute Gasteiger partial charge is 0.273 e. The molecule has 1 atom stereocenters. The van der Waals surface area contributed by atoms with E-state index >= 15 is 0 Å². The maximum atomic E-state index is 12.1. The Kier molecular flexibility index (Phi) is 5.00. The molecule has 2 N–H and O–H groups in total. The molecular weight excluding hydrogens is 248 g/mol. The second-order valence-electron chi connectivity index (χ2n) is 4.71. The van der Waals surface area contributed by atoms with E-state index in [1.165, 1.54) is 25.1 Å². The summed E-state index contributed by atoms with van der Waals surface area (Å²) in [5, 5.41) is 22.7. The molecule has 1 rings (SSSR count). The molecule has 0 aliphatic carbocycles. The number of nitro benzene ring substituents is 1. The fraction of sp³-hybridized carbons (Fsp3) is 0.462. The molecule has 1 aromatic carbocycles. The molecule has 0 fully saturated rings. The van der Waals surface area contributed by atoms with Gasteiger partial charge < -0.3 is 10.4 Å². The summed E-state index contributed by atoms with van der Waals surface area (Å²) >= 11 is 0. The summed E-state index contributed by atoms with van der Waals surface area (Å²) in [5.74, 6) is -0.332. The van der Waals surface area contributed by atoms with Crippen LogP contribution in [0, 0.1) is 23.0 Å². The van der Waals surface area contributed by atoms with E-state index in [9.17, 15) is 20.0 Å². The summed E-state index contributed by atoms with van der Waals surface area (Å²) in [6.45, 7) is 5.12. The summed E-state index contributed by atoms with van der Waals surface area (Å²) < 4.78 is 0. The first kappa shape index (κ1) is 15.1. The van der Waals surface area contributed by atoms with Crippen molar-refractivity contribution in [3.63, 3.8) is 0 Å². The van der Waals surface area contributed by atoms with E-state index in [1.807, 2.05) is 13.8 Å². The number of aliphatic hydroxyl groups excluding tert-OH is 1. The van der Waals surface area contributed by atoms with Crippen LogP contribution in [-0.4, -0.2) is 28.6 Å². The summed E-state index contributed by atoms with van der Waals surface area (Å²) in [5.41, 5.74) is 0.497. The van der Waals surface area contributed by atoms with Crippen molar-refractivity contribution in [2.24, 2.45) is 5.92 Å². The first-order valence-corrected chi connectivity index (χ1v) is 6.04. The molecule has 0 radical (unpaired) electrons. The van der Waals surface area contributed by atoms with Crippen LogP contribution in [0.25, 0.3) is 0 Å². The molecule has 19 heavy (non-hydrogen) atoms. The Bertz CT molecular complexity index is 486. The van der Waals surface area contributed by atoms with E-state index in [4.69, 9.17) is 0 Å². The van der Waals surface area contributed by atoms with Gasteiger partial charge in [0, 0.05) is 17.2 Å². The van der Waals surface area contributed by atoms with Crippen LogP contribution in [0.3, 0.4) is 0 Å². The molecule has 104 valence electrons. The normalized spacial score (nSPS) is 12.3. The summed E-state index contributed by atoms with van der Waals surface area (Å²) in [4.78, 5) is 22.4. The van der Waals surface area contributed by atoms with Gasteiger partial charge in [0.1, 0.15) is 0 Å².